The van der Waals surface area contributed by atoms with Crippen molar-refractivity contribution in [3.05, 3.63) is 40.9 Å². The Balaban J connectivity index is 0.000000291. The maximum absolute atomic E-state index is 10.9. The molecule has 2 aliphatic carbocycles. The third-order valence-corrected chi connectivity index (χ3v) is 7.77. The molecular formula is C29H38ClN3O4. The predicted octanol–water partition coefficient (Wildman–Crippen LogP) is 6.05. The molecule has 7 nitrogen and oxygen atoms in total. The third kappa shape index (κ3) is 7.32. The number of carboxylic acids is 1. The summed E-state index contributed by atoms with van der Waals surface area (Å²) in [5, 5.41) is 30.7. The van der Waals surface area contributed by atoms with Gasteiger partial charge >= 0.3 is 5.97 Å². The molecule has 4 rings (SSSR count). The van der Waals surface area contributed by atoms with E-state index in [4.69, 9.17) is 21.8 Å². The number of terminal acetylenes is 1. The lowest BCUT2D eigenvalue weighted by Gasteiger charge is -2.33. The number of nitrogens with zero attached hydrogens (tertiary/aromatic N) is 2. The second-order valence-electron chi connectivity index (χ2n) is 10.1. The summed E-state index contributed by atoms with van der Waals surface area (Å²) in [7, 11) is 0. The Morgan fingerprint density at radius 2 is 1.78 bits per heavy atom. The van der Waals surface area contributed by atoms with Crippen LogP contribution in [0.15, 0.2) is 35.3 Å². The Kier molecular flexibility index (Phi) is 11.1. The molecule has 0 amide bonds. The molecule has 1 aromatic carbocycles. The first-order chi connectivity index (χ1) is 17.7. The average Bonchev–Trinajstić information content (AvgIpc) is 3.73. The molecule has 0 aliphatic heterocycles. The van der Waals surface area contributed by atoms with E-state index in [-0.39, 0.29) is 18.8 Å². The van der Waals surface area contributed by atoms with Gasteiger partial charge in [0.2, 0.25) is 0 Å². The summed E-state index contributed by atoms with van der Waals surface area (Å²) in [4.78, 5) is 19.2. The fraction of sp³-hybridized carbons (Fsp3) is 0.483. The van der Waals surface area contributed by atoms with Crippen LogP contribution in [0.2, 0.25) is 5.02 Å². The number of rotatable bonds is 8. The van der Waals surface area contributed by atoms with E-state index in [1.165, 1.54) is 19.3 Å². The van der Waals surface area contributed by atoms with Crippen LogP contribution >= 0.6 is 11.6 Å². The van der Waals surface area contributed by atoms with Crippen LogP contribution in [0.5, 0.6) is 0 Å². The van der Waals surface area contributed by atoms with Crippen LogP contribution < -0.4 is 5.32 Å². The van der Waals surface area contributed by atoms with Gasteiger partial charge in [-0.1, -0.05) is 55.1 Å². The summed E-state index contributed by atoms with van der Waals surface area (Å²) in [5.74, 6) is 0.134. The van der Waals surface area contributed by atoms with Crippen LogP contribution in [0, 0.1) is 24.2 Å². The molecule has 200 valence electrons. The molecule has 2 fully saturated rings. The monoisotopic (exact) mass is 527 g/mol. The van der Waals surface area contributed by atoms with Crippen molar-refractivity contribution >= 4 is 35.8 Å². The Bertz CT molecular complexity index is 1070. The van der Waals surface area contributed by atoms with Gasteiger partial charge in [-0.15, -0.1) is 12.8 Å². The van der Waals surface area contributed by atoms with Crippen molar-refractivity contribution in [2.45, 2.75) is 64.2 Å². The first-order valence-electron chi connectivity index (χ1n) is 12.5. The van der Waals surface area contributed by atoms with Gasteiger partial charge in [0.15, 0.2) is 5.82 Å². The molecule has 1 heterocycles. The van der Waals surface area contributed by atoms with Crippen LogP contribution in [0.3, 0.4) is 0 Å². The Hall–Kier alpha value is -2.92. The molecule has 2 saturated carbocycles. The number of benzene rings is 1. The summed E-state index contributed by atoms with van der Waals surface area (Å²) in [5.41, 5.74) is 2.58. The van der Waals surface area contributed by atoms with Gasteiger partial charge in [0.1, 0.15) is 6.73 Å². The number of hydrogen-bond acceptors (Lipinski definition) is 6. The summed E-state index contributed by atoms with van der Waals surface area (Å²) < 4.78 is 0. The van der Waals surface area contributed by atoms with E-state index in [0.29, 0.717) is 28.1 Å². The number of nitrogens with one attached hydrogen (secondary N) is 1. The van der Waals surface area contributed by atoms with Crippen molar-refractivity contribution in [1.29, 1.82) is 0 Å². The summed E-state index contributed by atoms with van der Waals surface area (Å²) in [6.07, 6.45) is 15.9. The summed E-state index contributed by atoms with van der Waals surface area (Å²) in [6, 6.07) is 9.60. The molecule has 2 aromatic rings. The van der Waals surface area contributed by atoms with Crippen LogP contribution in [0.25, 0.3) is 11.3 Å². The second kappa shape index (κ2) is 13.6. The number of aliphatic hydroxyl groups is 2. The van der Waals surface area contributed by atoms with Gasteiger partial charge in [-0.3, -0.25) is 4.79 Å². The highest BCUT2D eigenvalue weighted by atomic mass is 35.5. The van der Waals surface area contributed by atoms with Gasteiger partial charge in [-0.2, -0.15) is 0 Å². The molecule has 2 aliphatic rings. The van der Waals surface area contributed by atoms with E-state index in [1.807, 2.05) is 38.1 Å². The van der Waals surface area contributed by atoms with E-state index < -0.39 is 11.4 Å². The van der Waals surface area contributed by atoms with Crippen molar-refractivity contribution in [2.24, 2.45) is 16.3 Å². The number of aliphatic imine (C=N–C) groups is 1. The van der Waals surface area contributed by atoms with Gasteiger partial charge in [-0.25, -0.2) is 9.98 Å². The Morgan fingerprint density at radius 1 is 1.19 bits per heavy atom. The number of aliphatic carboxylic acids is 1. The second-order valence-corrected chi connectivity index (χ2v) is 10.5. The topological polar surface area (TPSA) is 115 Å². The fourth-order valence-electron chi connectivity index (χ4n) is 4.69. The van der Waals surface area contributed by atoms with Crippen LogP contribution in [-0.4, -0.2) is 46.3 Å². The van der Waals surface area contributed by atoms with Crippen LogP contribution in [-0.2, 0) is 10.2 Å². The van der Waals surface area contributed by atoms with Crippen molar-refractivity contribution in [1.82, 2.24) is 4.98 Å². The number of aromatic nitrogens is 1. The minimum atomic E-state index is -0.644. The molecule has 0 radical (unpaired) electrons. The SMILES string of the molecule is C#C.C=Nc1nc(-c2ccc(C3(CO)CC3)cc2)c(Cl)cc1NCO.CC(C)(C(=O)O)C1CCCCC1. The zero-order valence-electron chi connectivity index (χ0n) is 21.7. The van der Waals surface area contributed by atoms with E-state index in [0.717, 1.165) is 36.8 Å². The molecule has 4 N–H and O–H groups in total. The highest BCUT2D eigenvalue weighted by Crippen LogP contribution is 2.48. The first kappa shape index (κ1) is 30.3. The van der Waals surface area contributed by atoms with Gasteiger partial charge in [0.25, 0.3) is 0 Å². The standard InChI is InChI=1S/C17H18ClN3O2.C10H18O2.C2H2/c1-19-16-14(20-10-23)8-13(18)15(21-16)11-2-4-12(5-3-11)17(9-22)6-7-17;1-10(2,9(11)12)8-6-4-3-5-7-8;1-2/h2-5,8,20,22-23H,1,6-7,9-10H2;8H,3-7H2,1-2H3,(H,11,12);1-2H. The average molecular weight is 528 g/mol. The Labute approximate surface area is 225 Å². The minimum absolute atomic E-state index is 0.0571. The predicted molar refractivity (Wildman–Crippen MR) is 150 cm³/mol. The molecule has 1 aromatic heterocycles. The van der Waals surface area contributed by atoms with Crippen LogP contribution in [0.1, 0.15) is 64.4 Å². The molecule has 37 heavy (non-hydrogen) atoms. The quantitative estimate of drug-likeness (QED) is 0.189. The number of halogens is 1. The highest BCUT2D eigenvalue weighted by Gasteiger charge is 2.43. The number of carbonyl (C=O) groups is 1. The van der Waals surface area contributed by atoms with Crippen molar-refractivity contribution in [3.63, 3.8) is 0 Å². The zero-order chi connectivity index (χ0) is 27.6. The molecular weight excluding hydrogens is 490 g/mol. The van der Waals surface area contributed by atoms with Crippen LogP contribution in [0.4, 0.5) is 11.5 Å². The number of aliphatic hydroxyl groups excluding tert-OH is 2. The minimum Gasteiger partial charge on any atom is -0.481 e. The lowest BCUT2D eigenvalue weighted by molar-refractivity contribution is -0.150. The summed E-state index contributed by atoms with van der Waals surface area (Å²) >= 11 is 6.31. The van der Waals surface area contributed by atoms with E-state index in [2.05, 4.69) is 34.9 Å². The van der Waals surface area contributed by atoms with E-state index in [9.17, 15) is 9.90 Å². The number of hydrogen-bond donors (Lipinski definition) is 4. The number of carboxylic acid groups (broad SMARTS) is 1. The highest BCUT2D eigenvalue weighted by molar-refractivity contribution is 6.33. The zero-order valence-corrected chi connectivity index (χ0v) is 22.5. The first-order valence-corrected chi connectivity index (χ1v) is 12.9. The van der Waals surface area contributed by atoms with Crippen molar-refractivity contribution in [2.75, 3.05) is 18.7 Å². The molecule has 0 atom stereocenters. The lowest BCUT2D eigenvalue weighted by atomic mass is 9.71. The smallest absolute Gasteiger partial charge is 0.309 e. The molecule has 8 heteroatoms. The molecule has 0 saturated heterocycles. The van der Waals surface area contributed by atoms with E-state index >= 15 is 0 Å². The number of anilines is 1. The molecule has 0 unspecified atom stereocenters. The van der Waals surface area contributed by atoms with Gasteiger partial charge in [-0.05, 0) is 63.8 Å². The van der Waals surface area contributed by atoms with Crippen molar-refractivity contribution < 1.29 is 20.1 Å². The van der Waals surface area contributed by atoms with Gasteiger partial charge in [0, 0.05) is 11.0 Å². The largest absolute Gasteiger partial charge is 0.481 e. The normalized spacial score (nSPS) is 16.3. The Morgan fingerprint density at radius 3 is 2.24 bits per heavy atom. The van der Waals surface area contributed by atoms with Crippen molar-refractivity contribution in [3.8, 4) is 24.1 Å². The maximum Gasteiger partial charge on any atom is 0.309 e. The number of pyridine rings is 1. The third-order valence-electron chi connectivity index (χ3n) is 7.48. The lowest BCUT2D eigenvalue weighted by Crippen LogP contribution is -2.34. The van der Waals surface area contributed by atoms with E-state index in [1.54, 1.807) is 6.07 Å². The van der Waals surface area contributed by atoms with Gasteiger partial charge < -0.3 is 20.6 Å². The fourth-order valence-corrected chi connectivity index (χ4v) is 4.95. The molecule has 0 spiro atoms. The maximum atomic E-state index is 10.9. The molecule has 0 bridgehead atoms. The van der Waals surface area contributed by atoms with Gasteiger partial charge in [0.05, 0.1) is 28.4 Å². The summed E-state index contributed by atoms with van der Waals surface area (Å²) in [6.45, 7) is 7.14.